The molecule has 6 atom stereocenters. The fourth-order valence-electron chi connectivity index (χ4n) is 6.73. The lowest BCUT2D eigenvalue weighted by Gasteiger charge is -2.61. The van der Waals surface area contributed by atoms with Crippen LogP contribution in [-0.2, 0) is 4.79 Å². The molecule has 2 heteroatoms. The molecule has 0 aromatic carbocycles. The Balaban J connectivity index is 1.68. The van der Waals surface area contributed by atoms with Gasteiger partial charge in [0.25, 0.3) is 0 Å². The summed E-state index contributed by atoms with van der Waals surface area (Å²) in [6.07, 6.45) is 12.0. The van der Waals surface area contributed by atoms with E-state index in [2.05, 4.69) is 13.8 Å². The highest BCUT2D eigenvalue weighted by molar-refractivity contribution is 5.91. The van der Waals surface area contributed by atoms with Crippen LogP contribution >= 0.6 is 0 Å². The molecule has 4 aliphatic rings. The zero-order chi connectivity index (χ0) is 15.5. The average molecular weight is 302 g/mol. The number of hydrogen-bond donors (Lipinski definition) is 1. The van der Waals surface area contributed by atoms with Crippen molar-refractivity contribution < 1.29 is 9.90 Å². The molecule has 0 heterocycles. The van der Waals surface area contributed by atoms with Gasteiger partial charge in [-0.15, -0.1) is 0 Å². The van der Waals surface area contributed by atoms with Gasteiger partial charge in [0, 0.05) is 6.42 Å². The second-order valence-electron chi connectivity index (χ2n) is 8.96. The van der Waals surface area contributed by atoms with Crippen molar-refractivity contribution in [1.82, 2.24) is 0 Å². The number of hydrogen-bond acceptors (Lipinski definition) is 2. The first-order valence-corrected chi connectivity index (χ1v) is 9.37. The van der Waals surface area contributed by atoms with Gasteiger partial charge >= 0.3 is 0 Å². The van der Waals surface area contributed by atoms with Crippen LogP contribution in [0.1, 0.15) is 71.6 Å². The smallest absolute Gasteiger partial charge is 0.155 e. The summed E-state index contributed by atoms with van der Waals surface area (Å²) in [5.74, 6) is 2.55. The second kappa shape index (κ2) is 4.93. The number of allylic oxidation sites excluding steroid dienone is 2. The van der Waals surface area contributed by atoms with Crippen molar-refractivity contribution in [2.45, 2.75) is 77.7 Å². The van der Waals surface area contributed by atoms with Crippen LogP contribution in [-0.4, -0.2) is 17.0 Å². The van der Waals surface area contributed by atoms with E-state index in [0.717, 1.165) is 37.5 Å². The molecule has 122 valence electrons. The summed E-state index contributed by atoms with van der Waals surface area (Å²) < 4.78 is 0. The minimum Gasteiger partial charge on any atom is -0.393 e. The molecule has 0 radical (unpaired) electrons. The van der Waals surface area contributed by atoms with E-state index in [1.54, 1.807) is 0 Å². The monoisotopic (exact) mass is 302 g/mol. The summed E-state index contributed by atoms with van der Waals surface area (Å²) in [5.41, 5.74) is 1.87. The third-order valence-electron chi connectivity index (χ3n) is 8.15. The molecule has 0 unspecified atom stereocenters. The fourth-order valence-corrected chi connectivity index (χ4v) is 6.73. The Morgan fingerprint density at radius 3 is 2.68 bits per heavy atom. The number of carbonyl (C=O) groups is 1. The topological polar surface area (TPSA) is 37.3 Å². The van der Waals surface area contributed by atoms with E-state index < -0.39 is 0 Å². The molecule has 0 aromatic heterocycles. The predicted octanol–water partition coefficient (Wildman–Crippen LogP) is 4.27. The van der Waals surface area contributed by atoms with Crippen LogP contribution in [0.2, 0.25) is 0 Å². The maximum absolute atomic E-state index is 11.8. The van der Waals surface area contributed by atoms with E-state index in [-0.39, 0.29) is 16.9 Å². The van der Waals surface area contributed by atoms with Crippen LogP contribution in [0.4, 0.5) is 0 Å². The van der Waals surface area contributed by atoms with Gasteiger partial charge in [-0.25, -0.2) is 0 Å². The number of rotatable bonds is 0. The highest BCUT2D eigenvalue weighted by atomic mass is 16.3. The minimum atomic E-state index is -0.0927. The van der Waals surface area contributed by atoms with Gasteiger partial charge in [0.1, 0.15) is 0 Å². The Kier molecular flexibility index (Phi) is 3.35. The summed E-state index contributed by atoms with van der Waals surface area (Å²) >= 11 is 0. The summed E-state index contributed by atoms with van der Waals surface area (Å²) in [7, 11) is 0. The first-order valence-electron chi connectivity index (χ1n) is 9.37. The van der Waals surface area contributed by atoms with Gasteiger partial charge in [0.05, 0.1) is 6.10 Å². The molecular weight excluding hydrogens is 272 g/mol. The van der Waals surface area contributed by atoms with Gasteiger partial charge in [0.2, 0.25) is 0 Å². The zero-order valence-corrected chi connectivity index (χ0v) is 14.1. The summed E-state index contributed by atoms with van der Waals surface area (Å²) in [4.78, 5) is 11.8. The Morgan fingerprint density at radius 2 is 1.86 bits per heavy atom. The lowest BCUT2D eigenvalue weighted by atomic mass is 9.44. The van der Waals surface area contributed by atoms with Crippen LogP contribution < -0.4 is 0 Å². The average Bonchev–Trinajstić information content (AvgIpc) is 2.49. The van der Waals surface area contributed by atoms with Gasteiger partial charge in [-0.2, -0.15) is 0 Å². The Morgan fingerprint density at radius 1 is 1.05 bits per heavy atom. The maximum atomic E-state index is 11.8. The molecule has 0 bridgehead atoms. The lowest BCUT2D eigenvalue weighted by Crippen LogP contribution is -2.55. The molecule has 0 aromatic rings. The lowest BCUT2D eigenvalue weighted by molar-refractivity contribution is -0.133. The van der Waals surface area contributed by atoms with Crippen LogP contribution in [0.25, 0.3) is 0 Å². The Labute approximate surface area is 134 Å². The van der Waals surface area contributed by atoms with Gasteiger partial charge in [0.15, 0.2) is 5.78 Å². The second-order valence-corrected chi connectivity index (χ2v) is 8.96. The van der Waals surface area contributed by atoms with Crippen molar-refractivity contribution >= 4 is 5.78 Å². The third-order valence-corrected chi connectivity index (χ3v) is 8.15. The number of aliphatic hydroxyl groups is 1. The summed E-state index contributed by atoms with van der Waals surface area (Å²) in [6, 6.07) is 0. The number of aliphatic hydroxyl groups excluding tert-OH is 1. The normalized spacial score (nSPS) is 51.4. The van der Waals surface area contributed by atoms with Gasteiger partial charge < -0.3 is 5.11 Å². The molecule has 3 saturated carbocycles. The number of fused-ring (bicyclic) bond motifs is 5. The maximum Gasteiger partial charge on any atom is 0.155 e. The van der Waals surface area contributed by atoms with Crippen molar-refractivity contribution in [1.29, 1.82) is 0 Å². The predicted molar refractivity (Wildman–Crippen MR) is 87.3 cm³/mol. The third kappa shape index (κ3) is 1.92. The molecule has 2 nitrogen and oxygen atoms in total. The summed E-state index contributed by atoms with van der Waals surface area (Å²) in [6.45, 7) is 4.79. The van der Waals surface area contributed by atoms with Crippen molar-refractivity contribution in [2.24, 2.45) is 28.6 Å². The SMILES string of the molecule is C[C@]12CC[C@H]3[C@H](CCC4=CC(=O)CC[C@]43C)[C@@H]1CCC[C@@H]2O. The van der Waals surface area contributed by atoms with Crippen molar-refractivity contribution in [3.05, 3.63) is 11.6 Å². The van der Waals surface area contributed by atoms with E-state index in [9.17, 15) is 9.90 Å². The molecule has 4 aliphatic carbocycles. The van der Waals surface area contributed by atoms with Crippen LogP contribution in [0, 0.1) is 28.6 Å². The zero-order valence-electron chi connectivity index (χ0n) is 14.1. The van der Waals surface area contributed by atoms with Gasteiger partial charge in [-0.3, -0.25) is 4.79 Å². The Bertz CT molecular complexity index is 522. The van der Waals surface area contributed by atoms with Crippen molar-refractivity contribution in [3.63, 3.8) is 0 Å². The molecular formula is C20H30O2. The molecule has 0 aliphatic heterocycles. The molecule has 3 fully saturated rings. The summed E-state index contributed by atoms with van der Waals surface area (Å²) in [5, 5.41) is 10.6. The molecule has 0 spiro atoms. The molecule has 22 heavy (non-hydrogen) atoms. The van der Waals surface area contributed by atoms with Crippen molar-refractivity contribution in [2.75, 3.05) is 0 Å². The molecule has 4 rings (SSSR count). The van der Waals surface area contributed by atoms with Crippen LogP contribution in [0.15, 0.2) is 11.6 Å². The standard InChI is InChI=1S/C20H30O2/c1-19-10-8-14(21)12-13(19)6-7-15-16-4-3-5-18(22)20(16,2)11-9-17(15)19/h12,15-18,22H,3-11H2,1-2H3/t15-,16+,17+,18+,19-,20+/m1/s1. The molecule has 0 amide bonds. The fraction of sp³-hybridized carbons (Fsp3) is 0.850. The first-order chi connectivity index (χ1) is 10.4. The largest absolute Gasteiger partial charge is 0.393 e. The quantitative estimate of drug-likeness (QED) is 0.725. The minimum absolute atomic E-state index is 0.0927. The van der Waals surface area contributed by atoms with E-state index in [0.29, 0.717) is 11.7 Å². The molecule has 1 N–H and O–H groups in total. The van der Waals surface area contributed by atoms with Crippen LogP contribution in [0.3, 0.4) is 0 Å². The first kappa shape index (κ1) is 14.9. The van der Waals surface area contributed by atoms with Gasteiger partial charge in [-0.05, 0) is 79.6 Å². The molecule has 0 saturated heterocycles. The van der Waals surface area contributed by atoms with Crippen LogP contribution in [0.5, 0.6) is 0 Å². The van der Waals surface area contributed by atoms with E-state index >= 15 is 0 Å². The van der Waals surface area contributed by atoms with E-state index in [1.165, 1.54) is 37.7 Å². The highest BCUT2D eigenvalue weighted by Crippen LogP contribution is 2.64. The van der Waals surface area contributed by atoms with Crippen molar-refractivity contribution in [3.8, 4) is 0 Å². The number of ketones is 1. The number of carbonyl (C=O) groups excluding carboxylic acids is 1. The highest BCUT2D eigenvalue weighted by Gasteiger charge is 2.57. The van der Waals surface area contributed by atoms with E-state index in [4.69, 9.17) is 0 Å². The van der Waals surface area contributed by atoms with E-state index in [1.807, 2.05) is 6.08 Å². The Hall–Kier alpha value is -0.630. The van der Waals surface area contributed by atoms with Gasteiger partial charge in [-0.1, -0.05) is 25.8 Å².